The maximum atomic E-state index is 12.3. The predicted octanol–water partition coefficient (Wildman–Crippen LogP) is 0.608. The van der Waals surface area contributed by atoms with Gasteiger partial charge in [0.05, 0.1) is 0 Å². The number of likely N-dealkylation sites (tertiary alicyclic amines) is 1. The molecule has 1 saturated heterocycles. The van der Waals surface area contributed by atoms with Gasteiger partial charge in [0.15, 0.2) is 5.13 Å². The standard InChI is InChI=1S/C12H16N4O2S/c13-12-15-8(6-19-12)11(18)16-5-1-2-9(16)10(17)14-7-3-4-7/h6-7,9H,1-5H2,(H2,13,15)(H,14,17). The van der Waals surface area contributed by atoms with Crippen molar-refractivity contribution in [3.8, 4) is 0 Å². The molecule has 1 saturated carbocycles. The van der Waals surface area contributed by atoms with E-state index in [9.17, 15) is 9.59 Å². The summed E-state index contributed by atoms with van der Waals surface area (Å²) < 4.78 is 0. The molecular weight excluding hydrogens is 264 g/mol. The molecule has 6 nitrogen and oxygen atoms in total. The van der Waals surface area contributed by atoms with Gasteiger partial charge < -0.3 is 16.0 Å². The van der Waals surface area contributed by atoms with Crippen LogP contribution in [-0.2, 0) is 4.79 Å². The number of nitrogens with zero attached hydrogens (tertiary/aromatic N) is 2. The number of aromatic nitrogens is 1. The number of nitrogens with two attached hydrogens (primary N) is 1. The molecule has 0 bridgehead atoms. The Labute approximate surface area is 115 Å². The van der Waals surface area contributed by atoms with Crippen LogP contribution in [0.5, 0.6) is 0 Å². The van der Waals surface area contributed by atoms with Crippen molar-refractivity contribution in [2.75, 3.05) is 12.3 Å². The van der Waals surface area contributed by atoms with Crippen molar-refractivity contribution >= 4 is 28.3 Å². The van der Waals surface area contributed by atoms with Gasteiger partial charge in [-0.1, -0.05) is 0 Å². The van der Waals surface area contributed by atoms with E-state index in [-0.39, 0.29) is 17.9 Å². The van der Waals surface area contributed by atoms with Crippen LogP contribution < -0.4 is 11.1 Å². The Kier molecular flexibility index (Phi) is 3.14. The second-order valence-electron chi connectivity index (χ2n) is 5.01. The van der Waals surface area contributed by atoms with Crippen LogP contribution in [0.4, 0.5) is 5.13 Å². The Balaban J connectivity index is 1.71. The fourth-order valence-electron chi connectivity index (χ4n) is 2.34. The first-order valence-electron chi connectivity index (χ1n) is 6.47. The van der Waals surface area contributed by atoms with Crippen LogP contribution in [0.15, 0.2) is 5.38 Å². The lowest BCUT2D eigenvalue weighted by molar-refractivity contribution is -0.125. The lowest BCUT2D eigenvalue weighted by Gasteiger charge is -2.23. The topological polar surface area (TPSA) is 88.3 Å². The number of anilines is 1. The summed E-state index contributed by atoms with van der Waals surface area (Å²) in [6.07, 6.45) is 3.68. The molecule has 1 aromatic heterocycles. The van der Waals surface area contributed by atoms with E-state index in [1.807, 2.05) is 0 Å². The number of carbonyl (C=O) groups excluding carboxylic acids is 2. The van der Waals surface area contributed by atoms with Gasteiger partial charge in [0.25, 0.3) is 5.91 Å². The van der Waals surface area contributed by atoms with Crippen LogP contribution in [0.25, 0.3) is 0 Å². The minimum atomic E-state index is -0.351. The maximum Gasteiger partial charge on any atom is 0.274 e. The average molecular weight is 280 g/mol. The Bertz CT molecular complexity index is 512. The van der Waals surface area contributed by atoms with Crippen molar-refractivity contribution in [3.05, 3.63) is 11.1 Å². The van der Waals surface area contributed by atoms with Crippen LogP contribution in [0, 0.1) is 0 Å². The highest BCUT2D eigenvalue weighted by Gasteiger charge is 2.37. The molecule has 7 heteroatoms. The molecule has 1 unspecified atom stereocenters. The zero-order valence-electron chi connectivity index (χ0n) is 10.5. The summed E-state index contributed by atoms with van der Waals surface area (Å²) in [5.41, 5.74) is 5.88. The normalized spacial score (nSPS) is 22.5. The molecule has 102 valence electrons. The highest BCUT2D eigenvalue weighted by atomic mass is 32.1. The zero-order chi connectivity index (χ0) is 13.4. The predicted molar refractivity (Wildman–Crippen MR) is 71.7 cm³/mol. The minimum absolute atomic E-state index is 0.0310. The average Bonchev–Trinajstić information content (AvgIpc) is 2.92. The monoisotopic (exact) mass is 280 g/mol. The Morgan fingerprint density at radius 1 is 1.42 bits per heavy atom. The number of hydrogen-bond acceptors (Lipinski definition) is 5. The lowest BCUT2D eigenvalue weighted by atomic mass is 10.2. The number of hydrogen-bond donors (Lipinski definition) is 2. The van der Waals surface area contributed by atoms with E-state index in [2.05, 4.69) is 10.3 Å². The highest BCUT2D eigenvalue weighted by molar-refractivity contribution is 7.13. The summed E-state index contributed by atoms with van der Waals surface area (Å²) in [5, 5.41) is 4.98. The third-order valence-corrected chi connectivity index (χ3v) is 4.16. The smallest absolute Gasteiger partial charge is 0.274 e. The summed E-state index contributed by atoms with van der Waals surface area (Å²) in [7, 11) is 0. The summed E-state index contributed by atoms with van der Waals surface area (Å²) in [6.45, 7) is 0.610. The Morgan fingerprint density at radius 2 is 2.21 bits per heavy atom. The van der Waals surface area contributed by atoms with Crippen LogP contribution in [0.3, 0.4) is 0 Å². The number of nitrogen functional groups attached to an aromatic ring is 1. The van der Waals surface area contributed by atoms with Gasteiger partial charge in [0.2, 0.25) is 5.91 Å². The van der Waals surface area contributed by atoms with E-state index in [0.29, 0.717) is 23.4 Å². The van der Waals surface area contributed by atoms with E-state index in [1.54, 1.807) is 10.3 Å². The van der Waals surface area contributed by atoms with E-state index in [0.717, 1.165) is 25.7 Å². The van der Waals surface area contributed by atoms with E-state index in [1.165, 1.54) is 11.3 Å². The lowest BCUT2D eigenvalue weighted by Crippen LogP contribution is -2.46. The third kappa shape index (κ3) is 2.56. The van der Waals surface area contributed by atoms with Crippen molar-refractivity contribution in [2.45, 2.75) is 37.8 Å². The van der Waals surface area contributed by atoms with E-state index in [4.69, 9.17) is 5.73 Å². The van der Waals surface area contributed by atoms with E-state index < -0.39 is 0 Å². The zero-order valence-corrected chi connectivity index (χ0v) is 11.3. The highest BCUT2D eigenvalue weighted by Crippen LogP contribution is 2.24. The van der Waals surface area contributed by atoms with Crippen molar-refractivity contribution < 1.29 is 9.59 Å². The fourth-order valence-corrected chi connectivity index (χ4v) is 2.88. The van der Waals surface area contributed by atoms with Gasteiger partial charge in [-0.05, 0) is 25.7 Å². The summed E-state index contributed by atoms with van der Waals surface area (Å²) in [6, 6.07) is -0.0315. The number of amides is 2. The fraction of sp³-hybridized carbons (Fsp3) is 0.583. The van der Waals surface area contributed by atoms with Gasteiger partial charge in [0, 0.05) is 18.0 Å². The number of carbonyl (C=O) groups is 2. The second kappa shape index (κ2) is 4.80. The molecule has 1 atom stereocenters. The van der Waals surface area contributed by atoms with Gasteiger partial charge in [-0.15, -0.1) is 11.3 Å². The van der Waals surface area contributed by atoms with Gasteiger partial charge in [-0.3, -0.25) is 9.59 Å². The number of thiazole rings is 1. The Morgan fingerprint density at radius 3 is 2.84 bits per heavy atom. The molecule has 2 aliphatic rings. The van der Waals surface area contributed by atoms with Gasteiger partial charge in [-0.2, -0.15) is 0 Å². The molecule has 3 rings (SSSR count). The molecule has 0 aromatic carbocycles. The summed E-state index contributed by atoms with van der Waals surface area (Å²) >= 11 is 1.24. The second-order valence-corrected chi connectivity index (χ2v) is 5.90. The van der Waals surface area contributed by atoms with Gasteiger partial charge in [0.1, 0.15) is 11.7 Å². The number of rotatable bonds is 3. The first kappa shape index (κ1) is 12.4. The van der Waals surface area contributed by atoms with Crippen molar-refractivity contribution in [1.82, 2.24) is 15.2 Å². The van der Waals surface area contributed by atoms with E-state index >= 15 is 0 Å². The Hall–Kier alpha value is -1.63. The molecule has 1 aromatic rings. The number of nitrogens with one attached hydrogen (secondary N) is 1. The first-order valence-corrected chi connectivity index (χ1v) is 7.35. The first-order chi connectivity index (χ1) is 9.15. The van der Waals surface area contributed by atoms with Crippen LogP contribution in [0.2, 0.25) is 0 Å². The van der Waals surface area contributed by atoms with Crippen molar-refractivity contribution in [1.29, 1.82) is 0 Å². The molecule has 1 aliphatic heterocycles. The SMILES string of the molecule is Nc1nc(C(=O)N2CCCC2C(=O)NC2CC2)cs1. The maximum absolute atomic E-state index is 12.3. The molecule has 19 heavy (non-hydrogen) atoms. The molecule has 3 N–H and O–H groups in total. The van der Waals surface area contributed by atoms with Crippen LogP contribution in [0.1, 0.15) is 36.2 Å². The quantitative estimate of drug-likeness (QED) is 0.849. The van der Waals surface area contributed by atoms with Crippen molar-refractivity contribution in [2.24, 2.45) is 0 Å². The largest absolute Gasteiger partial charge is 0.375 e. The van der Waals surface area contributed by atoms with Crippen molar-refractivity contribution in [3.63, 3.8) is 0 Å². The van der Waals surface area contributed by atoms with Crippen LogP contribution in [-0.4, -0.2) is 40.3 Å². The molecule has 0 radical (unpaired) electrons. The summed E-state index contributed by atoms with van der Waals surface area (Å²) in [4.78, 5) is 30.0. The molecule has 2 heterocycles. The van der Waals surface area contributed by atoms with Crippen LogP contribution >= 0.6 is 11.3 Å². The summed E-state index contributed by atoms with van der Waals surface area (Å²) in [5.74, 6) is -0.224. The minimum Gasteiger partial charge on any atom is -0.375 e. The molecule has 0 spiro atoms. The third-order valence-electron chi connectivity index (χ3n) is 3.48. The molecule has 2 fully saturated rings. The van der Waals surface area contributed by atoms with Gasteiger partial charge in [-0.25, -0.2) is 4.98 Å². The molecule has 2 amide bonds. The molecule has 1 aliphatic carbocycles. The molecular formula is C12H16N4O2S. The van der Waals surface area contributed by atoms with Gasteiger partial charge >= 0.3 is 0 Å².